The van der Waals surface area contributed by atoms with Crippen molar-refractivity contribution in [2.45, 2.75) is 26.7 Å². The summed E-state index contributed by atoms with van der Waals surface area (Å²) >= 11 is 0.973. The van der Waals surface area contributed by atoms with E-state index in [0.29, 0.717) is 18.9 Å². The molecule has 1 aromatic heterocycles. The van der Waals surface area contributed by atoms with Crippen LogP contribution in [0.1, 0.15) is 35.8 Å². The fraction of sp³-hybridized carbons (Fsp3) is 0.545. The highest BCUT2D eigenvalue weighted by Gasteiger charge is 2.18. The van der Waals surface area contributed by atoms with Crippen LogP contribution in [0.2, 0.25) is 0 Å². The van der Waals surface area contributed by atoms with Gasteiger partial charge >= 0.3 is 5.97 Å². The number of aromatic carboxylic acids is 1. The maximum absolute atomic E-state index is 11.6. The molecule has 100 valence electrons. The molecule has 18 heavy (non-hydrogen) atoms. The number of carboxylic acid groups (broad SMARTS) is 1. The van der Waals surface area contributed by atoms with Crippen molar-refractivity contribution in [1.29, 1.82) is 0 Å². The van der Waals surface area contributed by atoms with Crippen LogP contribution in [0.5, 0.6) is 0 Å². The Morgan fingerprint density at radius 2 is 2.17 bits per heavy atom. The van der Waals surface area contributed by atoms with Gasteiger partial charge in [0.1, 0.15) is 10.6 Å². The summed E-state index contributed by atoms with van der Waals surface area (Å²) in [6, 6.07) is 0. The molecule has 2 N–H and O–H groups in total. The molecule has 0 aliphatic rings. The summed E-state index contributed by atoms with van der Waals surface area (Å²) in [4.78, 5) is 22.5. The zero-order valence-electron chi connectivity index (χ0n) is 10.4. The van der Waals surface area contributed by atoms with E-state index in [0.717, 1.165) is 18.0 Å². The van der Waals surface area contributed by atoms with E-state index < -0.39 is 5.97 Å². The predicted molar refractivity (Wildman–Crippen MR) is 68.2 cm³/mol. The molecule has 0 saturated carbocycles. The highest BCUT2D eigenvalue weighted by Crippen LogP contribution is 2.24. The highest BCUT2D eigenvalue weighted by molar-refractivity contribution is 7.11. The Bertz CT molecular complexity index is 431. The minimum atomic E-state index is -1.08. The van der Waals surface area contributed by atoms with Crippen LogP contribution in [0, 0.1) is 6.92 Å². The summed E-state index contributed by atoms with van der Waals surface area (Å²) in [6.07, 6.45) is 1.11. The Hall–Kier alpha value is -1.47. The standard InChI is InChI=1S/C11H16N2O4S/c1-3-5-17-6-4-8(14)12-10-9(11(15)16)7(2)13-18-10/h3-6H2,1-2H3,(H,12,14)(H,15,16). The van der Waals surface area contributed by atoms with Gasteiger partial charge in [0.2, 0.25) is 5.91 Å². The number of aryl methyl sites for hydroxylation is 1. The van der Waals surface area contributed by atoms with Crippen LogP contribution in [0.4, 0.5) is 5.00 Å². The number of anilines is 1. The Morgan fingerprint density at radius 1 is 1.44 bits per heavy atom. The van der Waals surface area contributed by atoms with Gasteiger partial charge in [0, 0.05) is 6.61 Å². The maximum atomic E-state index is 11.6. The Labute approximate surface area is 109 Å². The summed E-state index contributed by atoms with van der Waals surface area (Å²) in [5, 5.41) is 11.8. The van der Waals surface area contributed by atoms with Crippen molar-refractivity contribution in [3.8, 4) is 0 Å². The summed E-state index contributed by atoms with van der Waals surface area (Å²) in [7, 11) is 0. The largest absolute Gasteiger partial charge is 0.478 e. The van der Waals surface area contributed by atoms with Gasteiger partial charge in [-0.25, -0.2) is 4.79 Å². The van der Waals surface area contributed by atoms with Crippen molar-refractivity contribution in [3.05, 3.63) is 11.3 Å². The van der Waals surface area contributed by atoms with Gasteiger partial charge in [-0.2, -0.15) is 4.37 Å². The van der Waals surface area contributed by atoms with Crippen molar-refractivity contribution in [2.24, 2.45) is 0 Å². The Balaban J connectivity index is 2.52. The van der Waals surface area contributed by atoms with E-state index in [1.54, 1.807) is 6.92 Å². The van der Waals surface area contributed by atoms with Crippen LogP contribution < -0.4 is 5.32 Å². The van der Waals surface area contributed by atoms with Crippen LogP contribution in [0.15, 0.2) is 0 Å². The molecule has 0 aliphatic carbocycles. The van der Waals surface area contributed by atoms with Gasteiger partial charge in [-0.1, -0.05) is 6.92 Å². The van der Waals surface area contributed by atoms with Crippen molar-refractivity contribution in [2.75, 3.05) is 18.5 Å². The Morgan fingerprint density at radius 3 is 2.78 bits per heavy atom. The number of amides is 1. The molecule has 0 radical (unpaired) electrons. The first-order valence-corrected chi connectivity index (χ1v) is 6.40. The van der Waals surface area contributed by atoms with Crippen LogP contribution in [0.25, 0.3) is 0 Å². The third-order valence-electron chi connectivity index (χ3n) is 2.15. The molecule has 1 rings (SSSR count). The average Bonchev–Trinajstić information content (AvgIpc) is 2.66. The monoisotopic (exact) mass is 272 g/mol. The number of nitrogens with zero attached hydrogens (tertiary/aromatic N) is 1. The molecule has 0 saturated heterocycles. The summed E-state index contributed by atoms with van der Waals surface area (Å²) in [5.74, 6) is -1.35. The summed E-state index contributed by atoms with van der Waals surface area (Å²) < 4.78 is 9.10. The fourth-order valence-electron chi connectivity index (χ4n) is 1.31. The van der Waals surface area contributed by atoms with Gasteiger partial charge in [-0.15, -0.1) is 0 Å². The van der Waals surface area contributed by atoms with Gasteiger partial charge in [0.05, 0.1) is 18.7 Å². The lowest BCUT2D eigenvalue weighted by Gasteiger charge is -2.04. The number of carbonyl (C=O) groups is 2. The van der Waals surface area contributed by atoms with E-state index in [9.17, 15) is 9.59 Å². The zero-order valence-corrected chi connectivity index (χ0v) is 11.2. The first-order chi connectivity index (χ1) is 8.56. The second-order valence-corrected chi connectivity index (χ2v) is 4.46. The van der Waals surface area contributed by atoms with Crippen LogP contribution in [-0.4, -0.2) is 34.6 Å². The van der Waals surface area contributed by atoms with Crippen molar-refractivity contribution in [3.63, 3.8) is 0 Å². The van der Waals surface area contributed by atoms with E-state index in [4.69, 9.17) is 9.84 Å². The number of carbonyl (C=O) groups excluding carboxylic acids is 1. The molecule has 1 heterocycles. The number of hydrogen-bond donors (Lipinski definition) is 2. The third-order valence-corrected chi connectivity index (χ3v) is 3.01. The highest BCUT2D eigenvalue weighted by atomic mass is 32.1. The van der Waals surface area contributed by atoms with Gasteiger partial charge in [-0.3, -0.25) is 4.79 Å². The first kappa shape index (κ1) is 14.6. The second kappa shape index (κ2) is 7.07. The van der Waals surface area contributed by atoms with Gasteiger partial charge in [0.25, 0.3) is 0 Å². The zero-order chi connectivity index (χ0) is 13.5. The van der Waals surface area contributed by atoms with E-state index in [1.165, 1.54) is 0 Å². The van der Waals surface area contributed by atoms with Crippen molar-refractivity contribution >= 4 is 28.4 Å². The number of aromatic nitrogens is 1. The number of rotatable bonds is 7. The fourth-order valence-corrected chi connectivity index (χ4v) is 2.11. The Kier molecular flexibility index (Phi) is 5.73. The van der Waals surface area contributed by atoms with Gasteiger partial charge < -0.3 is 15.2 Å². The SMILES string of the molecule is CCCOCCC(=O)Nc1snc(C)c1C(=O)O. The summed E-state index contributed by atoms with van der Waals surface area (Å²) in [5.41, 5.74) is 0.466. The van der Waals surface area contributed by atoms with E-state index in [1.807, 2.05) is 6.92 Å². The molecule has 0 aromatic carbocycles. The van der Waals surface area contributed by atoms with Crippen LogP contribution in [-0.2, 0) is 9.53 Å². The minimum Gasteiger partial charge on any atom is -0.478 e. The first-order valence-electron chi connectivity index (χ1n) is 5.63. The molecule has 0 bridgehead atoms. The lowest BCUT2D eigenvalue weighted by atomic mass is 10.2. The average molecular weight is 272 g/mol. The molecule has 0 fully saturated rings. The number of carboxylic acids is 1. The van der Waals surface area contributed by atoms with Crippen molar-refractivity contribution in [1.82, 2.24) is 4.37 Å². The van der Waals surface area contributed by atoms with E-state index in [2.05, 4.69) is 9.69 Å². The molecular weight excluding hydrogens is 256 g/mol. The lowest BCUT2D eigenvalue weighted by Crippen LogP contribution is -2.15. The van der Waals surface area contributed by atoms with Crippen molar-refractivity contribution < 1.29 is 19.4 Å². The van der Waals surface area contributed by atoms with Crippen LogP contribution in [0.3, 0.4) is 0 Å². The van der Waals surface area contributed by atoms with E-state index in [-0.39, 0.29) is 22.9 Å². The topological polar surface area (TPSA) is 88.5 Å². The minimum absolute atomic E-state index is 0.0582. The third kappa shape index (κ3) is 4.08. The molecule has 6 nitrogen and oxygen atoms in total. The van der Waals surface area contributed by atoms with Gasteiger partial charge in [0.15, 0.2) is 0 Å². The summed E-state index contributed by atoms with van der Waals surface area (Å²) in [6.45, 7) is 4.53. The molecular formula is C11H16N2O4S. The number of hydrogen-bond acceptors (Lipinski definition) is 5. The molecule has 7 heteroatoms. The molecule has 0 atom stereocenters. The number of ether oxygens (including phenoxy) is 1. The van der Waals surface area contributed by atoms with E-state index >= 15 is 0 Å². The normalized spacial score (nSPS) is 10.3. The molecule has 0 unspecified atom stereocenters. The molecule has 1 amide bonds. The van der Waals surface area contributed by atoms with Gasteiger partial charge in [-0.05, 0) is 24.9 Å². The predicted octanol–water partition coefficient (Wildman–Crippen LogP) is 1.90. The number of nitrogens with one attached hydrogen (secondary N) is 1. The smallest absolute Gasteiger partial charge is 0.340 e. The second-order valence-electron chi connectivity index (χ2n) is 3.69. The molecule has 0 spiro atoms. The maximum Gasteiger partial charge on any atom is 0.340 e. The quantitative estimate of drug-likeness (QED) is 0.740. The molecule has 1 aromatic rings. The lowest BCUT2D eigenvalue weighted by molar-refractivity contribution is -0.117. The van der Waals surface area contributed by atoms with Crippen LogP contribution >= 0.6 is 11.5 Å². The molecule has 0 aliphatic heterocycles.